The Morgan fingerprint density at radius 1 is 0.960 bits per heavy atom. The van der Waals surface area contributed by atoms with E-state index in [1.54, 1.807) is 0 Å². The van der Waals surface area contributed by atoms with Crippen molar-refractivity contribution in [1.29, 1.82) is 0 Å². The minimum absolute atomic E-state index is 0.0823. The maximum atomic E-state index is 11.8. The van der Waals surface area contributed by atoms with Crippen molar-refractivity contribution in [2.75, 3.05) is 10.6 Å². The first-order valence-corrected chi connectivity index (χ1v) is 8.21. The number of rotatable bonds is 4. The van der Waals surface area contributed by atoms with Crippen molar-refractivity contribution >= 4 is 38.9 Å². The number of nitrogens with zero attached hydrogens (tertiary/aromatic N) is 1. The van der Waals surface area contributed by atoms with Crippen molar-refractivity contribution in [3.63, 3.8) is 0 Å². The molecule has 0 unspecified atom stereocenters. The minimum Gasteiger partial charge on any atom is -0.318 e. The summed E-state index contributed by atoms with van der Waals surface area (Å²) in [5, 5.41) is 20.1. The Kier molecular flexibility index (Phi) is 5.10. The van der Waals surface area contributed by atoms with Gasteiger partial charge in [0.05, 0.1) is 9.82 Å². The Morgan fingerprint density at radius 2 is 1.52 bits per heavy atom. The number of benzene rings is 2. The monoisotopic (exact) mass is 364 g/mol. The van der Waals surface area contributed by atoms with Crippen LogP contribution < -0.4 is 15.8 Å². The van der Waals surface area contributed by atoms with Crippen LogP contribution in [0, 0.1) is 10.1 Å². The average Bonchev–Trinajstić information content (AvgIpc) is 2.54. The smallest absolute Gasteiger partial charge is 0.314 e. The first-order chi connectivity index (χ1) is 11.7. The van der Waals surface area contributed by atoms with E-state index in [0.29, 0.717) is 0 Å². The number of carbonyl (C=O) groups excluding carboxylic acids is 2. The van der Waals surface area contributed by atoms with Crippen LogP contribution in [0.4, 0.5) is 17.1 Å². The molecule has 25 heavy (non-hydrogen) atoms. The highest BCUT2D eigenvalue weighted by Gasteiger charge is 2.16. The summed E-state index contributed by atoms with van der Waals surface area (Å²) < 4.78 is 22.3. The summed E-state index contributed by atoms with van der Waals surface area (Å²) in [5.74, 6) is -2.08. The standard InChI is InChI=1S/C14H12N4O6S/c15-25(23,24)12-6-4-9(5-7-12)16-13(19)14(20)17-10-2-1-3-11(8-10)18(21)22/h1-8H,(H,16,19)(H,17,20)(H2,15,23,24). The summed E-state index contributed by atoms with van der Waals surface area (Å²) in [6.07, 6.45) is 0. The highest BCUT2D eigenvalue weighted by molar-refractivity contribution is 7.89. The zero-order chi connectivity index (χ0) is 18.6. The number of nitro benzene ring substituents is 1. The van der Waals surface area contributed by atoms with Crippen LogP contribution in [0.1, 0.15) is 0 Å². The maximum absolute atomic E-state index is 11.8. The van der Waals surface area contributed by atoms with E-state index < -0.39 is 26.8 Å². The minimum atomic E-state index is -3.86. The van der Waals surface area contributed by atoms with Gasteiger partial charge in [-0.2, -0.15) is 0 Å². The van der Waals surface area contributed by atoms with Gasteiger partial charge in [-0.05, 0) is 30.3 Å². The van der Waals surface area contributed by atoms with Gasteiger partial charge in [0.25, 0.3) is 5.69 Å². The zero-order valence-electron chi connectivity index (χ0n) is 12.5. The zero-order valence-corrected chi connectivity index (χ0v) is 13.3. The number of carbonyl (C=O) groups is 2. The molecule has 2 aromatic rings. The summed E-state index contributed by atoms with van der Waals surface area (Å²) in [5.41, 5.74) is 0.0160. The third-order valence-electron chi connectivity index (χ3n) is 2.96. The molecule has 0 heterocycles. The third-order valence-corrected chi connectivity index (χ3v) is 3.89. The lowest BCUT2D eigenvalue weighted by Crippen LogP contribution is -2.29. The van der Waals surface area contributed by atoms with Gasteiger partial charge < -0.3 is 10.6 Å². The molecule has 0 saturated carbocycles. The van der Waals surface area contributed by atoms with Crippen molar-refractivity contribution in [2.24, 2.45) is 5.14 Å². The van der Waals surface area contributed by atoms with E-state index in [4.69, 9.17) is 5.14 Å². The van der Waals surface area contributed by atoms with E-state index in [1.165, 1.54) is 42.5 Å². The molecule has 0 aliphatic carbocycles. The van der Waals surface area contributed by atoms with Crippen molar-refractivity contribution in [1.82, 2.24) is 0 Å². The van der Waals surface area contributed by atoms with Gasteiger partial charge in [0, 0.05) is 23.5 Å². The molecule has 2 amide bonds. The third kappa shape index (κ3) is 4.83. The van der Waals surface area contributed by atoms with E-state index in [2.05, 4.69) is 10.6 Å². The summed E-state index contributed by atoms with van der Waals surface area (Å²) in [7, 11) is -3.86. The molecule has 0 spiro atoms. The first kappa shape index (κ1) is 18.0. The van der Waals surface area contributed by atoms with Crippen LogP contribution in [-0.4, -0.2) is 25.2 Å². The van der Waals surface area contributed by atoms with Crippen molar-refractivity contribution in [3.05, 3.63) is 58.6 Å². The molecule has 2 aromatic carbocycles. The Labute approximate surface area is 141 Å². The Bertz CT molecular complexity index is 940. The van der Waals surface area contributed by atoms with Gasteiger partial charge in [-0.25, -0.2) is 13.6 Å². The molecule has 0 aliphatic rings. The molecule has 0 fully saturated rings. The number of amides is 2. The summed E-state index contributed by atoms with van der Waals surface area (Å²) in [6, 6.07) is 9.95. The molecule has 11 heteroatoms. The maximum Gasteiger partial charge on any atom is 0.314 e. The number of hydrogen-bond donors (Lipinski definition) is 3. The number of nitrogens with one attached hydrogen (secondary N) is 2. The van der Waals surface area contributed by atoms with Crippen molar-refractivity contribution in [2.45, 2.75) is 4.90 Å². The average molecular weight is 364 g/mol. The Hall–Kier alpha value is -3.31. The SMILES string of the molecule is NS(=O)(=O)c1ccc(NC(=O)C(=O)Nc2cccc([N+](=O)[O-])c2)cc1. The van der Waals surface area contributed by atoms with Crippen molar-refractivity contribution in [3.8, 4) is 0 Å². The van der Waals surface area contributed by atoms with Crippen LogP contribution in [0.3, 0.4) is 0 Å². The molecule has 0 aromatic heterocycles. The fraction of sp³-hybridized carbons (Fsp3) is 0. The summed E-state index contributed by atoms with van der Waals surface area (Å²) in [4.78, 5) is 33.5. The van der Waals surface area contributed by atoms with E-state index >= 15 is 0 Å². The first-order valence-electron chi connectivity index (χ1n) is 6.66. The lowest BCUT2D eigenvalue weighted by atomic mass is 10.2. The lowest BCUT2D eigenvalue weighted by molar-refractivity contribution is -0.384. The van der Waals surface area contributed by atoms with Gasteiger partial charge in [0.2, 0.25) is 10.0 Å². The molecule has 0 radical (unpaired) electrons. The molecule has 2 rings (SSSR count). The van der Waals surface area contributed by atoms with Crippen LogP contribution in [0.5, 0.6) is 0 Å². The van der Waals surface area contributed by atoms with Crippen LogP contribution in [0.2, 0.25) is 0 Å². The van der Waals surface area contributed by atoms with Crippen LogP contribution in [0.25, 0.3) is 0 Å². The summed E-state index contributed by atoms with van der Waals surface area (Å²) >= 11 is 0. The van der Waals surface area contributed by atoms with Gasteiger partial charge in [0.15, 0.2) is 0 Å². The predicted octanol–water partition coefficient (Wildman–Crippen LogP) is 0.819. The molecule has 0 saturated heterocycles. The molecular weight excluding hydrogens is 352 g/mol. The second-order valence-corrected chi connectivity index (χ2v) is 6.35. The topological polar surface area (TPSA) is 162 Å². The van der Waals surface area contributed by atoms with Gasteiger partial charge in [0.1, 0.15) is 0 Å². The van der Waals surface area contributed by atoms with Crippen LogP contribution >= 0.6 is 0 Å². The number of nitrogens with two attached hydrogens (primary N) is 1. The van der Waals surface area contributed by atoms with Gasteiger partial charge in [-0.15, -0.1) is 0 Å². The molecule has 10 nitrogen and oxygen atoms in total. The largest absolute Gasteiger partial charge is 0.318 e. The van der Waals surface area contributed by atoms with Crippen LogP contribution in [0.15, 0.2) is 53.4 Å². The second-order valence-electron chi connectivity index (χ2n) is 4.79. The molecule has 0 atom stereocenters. The van der Waals surface area contributed by atoms with Crippen molar-refractivity contribution < 1.29 is 22.9 Å². The van der Waals surface area contributed by atoms with E-state index in [1.807, 2.05) is 0 Å². The molecule has 0 bridgehead atoms. The molecule has 4 N–H and O–H groups in total. The lowest BCUT2D eigenvalue weighted by Gasteiger charge is -2.07. The normalized spacial score (nSPS) is 10.8. The van der Waals surface area contributed by atoms with Crippen LogP contribution in [-0.2, 0) is 19.6 Å². The Morgan fingerprint density at radius 3 is 2.04 bits per heavy atom. The number of primary sulfonamides is 1. The fourth-order valence-corrected chi connectivity index (χ4v) is 2.32. The van der Waals surface area contributed by atoms with Gasteiger partial charge in [-0.1, -0.05) is 6.07 Å². The van der Waals surface area contributed by atoms with Gasteiger partial charge >= 0.3 is 11.8 Å². The quantitative estimate of drug-likeness (QED) is 0.413. The number of sulfonamides is 1. The number of non-ortho nitro benzene ring substituents is 1. The Balaban J connectivity index is 2.04. The fourth-order valence-electron chi connectivity index (χ4n) is 1.80. The molecule has 130 valence electrons. The van der Waals surface area contributed by atoms with E-state index in [-0.39, 0.29) is 22.0 Å². The number of hydrogen-bond acceptors (Lipinski definition) is 6. The summed E-state index contributed by atoms with van der Waals surface area (Å²) in [6.45, 7) is 0. The van der Waals surface area contributed by atoms with Gasteiger partial charge in [-0.3, -0.25) is 19.7 Å². The van der Waals surface area contributed by atoms with E-state index in [0.717, 1.165) is 6.07 Å². The second kappa shape index (κ2) is 7.07. The highest BCUT2D eigenvalue weighted by atomic mass is 32.2. The predicted molar refractivity (Wildman–Crippen MR) is 88.2 cm³/mol. The molecular formula is C14H12N4O6S. The molecule has 0 aliphatic heterocycles. The van der Waals surface area contributed by atoms with E-state index in [9.17, 15) is 28.1 Å². The highest BCUT2D eigenvalue weighted by Crippen LogP contribution is 2.17. The number of nitro groups is 1. The number of anilines is 2.